The summed E-state index contributed by atoms with van der Waals surface area (Å²) in [6.45, 7) is 4.61. The minimum Gasteiger partial charge on any atom is -0.506 e. The first-order chi connectivity index (χ1) is 11.3. The number of para-hydroxylation sites is 1. The lowest BCUT2D eigenvalue weighted by atomic mass is 10.1. The molecule has 23 heavy (non-hydrogen) atoms. The lowest BCUT2D eigenvalue weighted by Crippen LogP contribution is -2.47. The van der Waals surface area contributed by atoms with E-state index in [1.807, 2.05) is 6.07 Å². The van der Waals surface area contributed by atoms with Gasteiger partial charge in [0.15, 0.2) is 0 Å². The molecule has 1 heterocycles. The molecule has 0 aromatic heterocycles. The topological polar surface area (TPSA) is 50.5 Å². The van der Waals surface area contributed by atoms with Crippen molar-refractivity contribution >= 4 is 5.69 Å². The molecule has 118 valence electrons. The average Bonchev–Trinajstić information content (AvgIpc) is 2.61. The normalized spacial score (nSPS) is 15.3. The second-order valence-electron chi connectivity index (χ2n) is 5.85. The summed E-state index contributed by atoms with van der Waals surface area (Å²) >= 11 is 0. The molecule has 1 fully saturated rings. The van der Waals surface area contributed by atoms with E-state index in [9.17, 15) is 10.4 Å². The number of nitrogens with zero attached hydrogens (tertiary/aromatic N) is 3. The zero-order valence-electron chi connectivity index (χ0n) is 13.2. The van der Waals surface area contributed by atoms with E-state index < -0.39 is 0 Å². The van der Waals surface area contributed by atoms with Crippen molar-refractivity contribution in [2.75, 3.05) is 37.6 Å². The van der Waals surface area contributed by atoms with Gasteiger partial charge in [-0.05, 0) is 24.1 Å². The number of hydrogen-bond acceptors (Lipinski definition) is 4. The summed E-state index contributed by atoms with van der Waals surface area (Å²) in [5, 5.41) is 19.3. The minimum absolute atomic E-state index is 0.196. The fraction of sp³-hybridized carbons (Fsp3) is 0.316. The van der Waals surface area contributed by atoms with Crippen LogP contribution in [0.15, 0.2) is 48.5 Å². The summed E-state index contributed by atoms with van der Waals surface area (Å²) in [6.07, 6.45) is 1.06. The van der Waals surface area contributed by atoms with Gasteiger partial charge in [0.2, 0.25) is 0 Å². The highest BCUT2D eigenvalue weighted by atomic mass is 16.3. The Kier molecular flexibility index (Phi) is 4.80. The predicted octanol–water partition coefficient (Wildman–Crippen LogP) is 2.63. The van der Waals surface area contributed by atoms with Gasteiger partial charge in [-0.2, -0.15) is 5.26 Å². The number of rotatable bonds is 4. The predicted molar refractivity (Wildman–Crippen MR) is 91.6 cm³/mol. The van der Waals surface area contributed by atoms with Crippen LogP contribution in [0.4, 0.5) is 5.69 Å². The zero-order chi connectivity index (χ0) is 16.1. The molecule has 0 spiro atoms. The molecule has 0 saturated carbocycles. The van der Waals surface area contributed by atoms with Crippen molar-refractivity contribution in [2.45, 2.75) is 6.42 Å². The van der Waals surface area contributed by atoms with Gasteiger partial charge in [0, 0.05) is 32.7 Å². The largest absolute Gasteiger partial charge is 0.506 e. The van der Waals surface area contributed by atoms with Crippen molar-refractivity contribution in [2.24, 2.45) is 0 Å². The van der Waals surface area contributed by atoms with E-state index in [1.54, 1.807) is 18.2 Å². The smallest absolute Gasteiger partial charge is 0.140 e. The van der Waals surface area contributed by atoms with Gasteiger partial charge in [-0.15, -0.1) is 0 Å². The van der Waals surface area contributed by atoms with Gasteiger partial charge in [-0.1, -0.05) is 36.4 Å². The van der Waals surface area contributed by atoms with E-state index in [4.69, 9.17) is 0 Å². The first kappa shape index (κ1) is 15.4. The number of piperazine rings is 1. The lowest BCUT2D eigenvalue weighted by Gasteiger charge is -2.36. The summed E-state index contributed by atoms with van der Waals surface area (Å²) in [5.41, 5.74) is 2.59. The third-order valence-corrected chi connectivity index (χ3v) is 4.38. The Bertz CT molecular complexity index is 686. The number of aromatic hydroxyl groups is 1. The third-order valence-electron chi connectivity index (χ3n) is 4.38. The molecule has 4 heteroatoms. The highest BCUT2D eigenvalue weighted by Gasteiger charge is 2.21. The molecule has 2 aromatic carbocycles. The molecule has 1 aliphatic rings. The van der Waals surface area contributed by atoms with E-state index in [0.717, 1.165) is 39.1 Å². The maximum Gasteiger partial charge on any atom is 0.140 e. The van der Waals surface area contributed by atoms with Crippen LogP contribution in [0.3, 0.4) is 0 Å². The van der Waals surface area contributed by atoms with E-state index in [0.29, 0.717) is 11.3 Å². The molecule has 1 saturated heterocycles. The quantitative estimate of drug-likeness (QED) is 0.943. The number of hydrogen-bond donors (Lipinski definition) is 1. The second kappa shape index (κ2) is 7.17. The van der Waals surface area contributed by atoms with Crippen LogP contribution >= 0.6 is 0 Å². The van der Waals surface area contributed by atoms with Crippen molar-refractivity contribution in [3.63, 3.8) is 0 Å². The summed E-state index contributed by atoms with van der Waals surface area (Å²) in [6, 6.07) is 17.8. The monoisotopic (exact) mass is 307 g/mol. The minimum atomic E-state index is 0.196. The molecule has 2 aromatic rings. The number of nitriles is 1. The van der Waals surface area contributed by atoms with Crippen molar-refractivity contribution in [3.05, 3.63) is 59.7 Å². The van der Waals surface area contributed by atoms with Crippen LogP contribution in [0.25, 0.3) is 0 Å². The molecule has 0 radical (unpaired) electrons. The molecule has 0 unspecified atom stereocenters. The maximum atomic E-state index is 10.1. The van der Waals surface area contributed by atoms with Crippen LogP contribution in [0, 0.1) is 11.3 Å². The number of benzene rings is 2. The molecule has 0 bridgehead atoms. The van der Waals surface area contributed by atoms with Gasteiger partial charge >= 0.3 is 0 Å². The second-order valence-corrected chi connectivity index (χ2v) is 5.85. The van der Waals surface area contributed by atoms with E-state index in [-0.39, 0.29) is 5.75 Å². The zero-order valence-corrected chi connectivity index (χ0v) is 13.2. The van der Waals surface area contributed by atoms with E-state index >= 15 is 0 Å². The van der Waals surface area contributed by atoms with Crippen LogP contribution in [-0.2, 0) is 6.42 Å². The fourth-order valence-corrected chi connectivity index (χ4v) is 3.08. The van der Waals surface area contributed by atoms with Gasteiger partial charge in [-0.25, -0.2) is 0 Å². The fourth-order valence-electron chi connectivity index (χ4n) is 3.08. The molecule has 0 aliphatic carbocycles. The van der Waals surface area contributed by atoms with Crippen LogP contribution in [0.1, 0.15) is 11.1 Å². The van der Waals surface area contributed by atoms with Crippen molar-refractivity contribution in [3.8, 4) is 11.8 Å². The SMILES string of the molecule is N#Cc1cccc(O)c1N1CCN(CCc2ccccc2)CC1. The van der Waals surface area contributed by atoms with Crippen molar-refractivity contribution in [1.29, 1.82) is 5.26 Å². The molecule has 0 amide bonds. The summed E-state index contributed by atoms with van der Waals surface area (Å²) in [7, 11) is 0. The Morgan fingerprint density at radius 1 is 0.957 bits per heavy atom. The number of anilines is 1. The average molecular weight is 307 g/mol. The van der Waals surface area contributed by atoms with Crippen LogP contribution in [-0.4, -0.2) is 42.7 Å². The van der Waals surface area contributed by atoms with Crippen molar-refractivity contribution in [1.82, 2.24) is 4.90 Å². The Labute approximate surface area is 137 Å². The summed E-state index contributed by atoms with van der Waals surface area (Å²) < 4.78 is 0. The Morgan fingerprint density at radius 3 is 2.39 bits per heavy atom. The number of phenolic OH excluding ortho intramolecular Hbond substituents is 1. The Morgan fingerprint density at radius 2 is 1.70 bits per heavy atom. The molecule has 0 atom stereocenters. The highest BCUT2D eigenvalue weighted by molar-refractivity contribution is 5.67. The standard InChI is InChI=1S/C19H21N3O/c20-15-17-7-4-8-18(23)19(17)22-13-11-21(12-14-22)10-9-16-5-2-1-3-6-16/h1-8,23H,9-14H2. The maximum absolute atomic E-state index is 10.1. The van der Waals surface area contributed by atoms with E-state index in [1.165, 1.54) is 5.56 Å². The molecular weight excluding hydrogens is 286 g/mol. The van der Waals surface area contributed by atoms with Gasteiger partial charge < -0.3 is 10.0 Å². The highest BCUT2D eigenvalue weighted by Crippen LogP contribution is 2.31. The molecule has 1 aliphatic heterocycles. The molecular formula is C19H21N3O. The van der Waals surface area contributed by atoms with Gasteiger partial charge in [0.05, 0.1) is 11.3 Å². The first-order valence-electron chi connectivity index (χ1n) is 8.01. The van der Waals surface area contributed by atoms with Crippen molar-refractivity contribution < 1.29 is 5.11 Å². The third kappa shape index (κ3) is 3.64. The summed E-state index contributed by atoms with van der Waals surface area (Å²) in [4.78, 5) is 4.56. The molecule has 3 rings (SSSR count). The first-order valence-corrected chi connectivity index (χ1v) is 8.01. The van der Waals surface area contributed by atoms with Gasteiger partial charge in [0.25, 0.3) is 0 Å². The lowest BCUT2D eigenvalue weighted by molar-refractivity contribution is 0.260. The number of phenols is 1. The molecule has 1 N–H and O–H groups in total. The van der Waals surface area contributed by atoms with Gasteiger partial charge in [0.1, 0.15) is 11.8 Å². The Hall–Kier alpha value is -2.51. The van der Waals surface area contributed by atoms with E-state index in [2.05, 4.69) is 40.1 Å². The molecule has 4 nitrogen and oxygen atoms in total. The summed E-state index contributed by atoms with van der Waals surface area (Å²) in [5.74, 6) is 0.196. The van der Waals surface area contributed by atoms with Crippen LogP contribution < -0.4 is 4.90 Å². The van der Waals surface area contributed by atoms with Crippen LogP contribution in [0.5, 0.6) is 5.75 Å². The Balaban J connectivity index is 1.58. The van der Waals surface area contributed by atoms with Gasteiger partial charge in [-0.3, -0.25) is 4.90 Å². The van der Waals surface area contributed by atoms with Crippen LogP contribution in [0.2, 0.25) is 0 Å².